The smallest absolute Gasteiger partial charge is 0.339 e. The Morgan fingerprint density at radius 1 is 1.08 bits per heavy atom. The first-order chi connectivity index (χ1) is 12.6. The minimum absolute atomic E-state index is 0.254. The van der Waals surface area contributed by atoms with Gasteiger partial charge >= 0.3 is 5.97 Å². The lowest BCUT2D eigenvalue weighted by molar-refractivity contribution is 0.0602. The number of nitrogens with one attached hydrogen (secondary N) is 2. The number of carbonyl (C=O) groups is 1. The van der Waals surface area contributed by atoms with Crippen molar-refractivity contribution in [3.05, 3.63) is 64.3 Å². The second-order valence-corrected chi connectivity index (χ2v) is 5.90. The van der Waals surface area contributed by atoms with E-state index in [9.17, 15) is 4.79 Å². The lowest BCUT2D eigenvalue weighted by Gasteiger charge is -2.11. The van der Waals surface area contributed by atoms with E-state index in [4.69, 9.17) is 27.9 Å². The zero-order valence-corrected chi connectivity index (χ0v) is 15.0. The van der Waals surface area contributed by atoms with Gasteiger partial charge in [0.25, 0.3) is 0 Å². The quantitative estimate of drug-likeness (QED) is 0.622. The van der Waals surface area contributed by atoms with Crippen molar-refractivity contribution in [2.24, 2.45) is 0 Å². The van der Waals surface area contributed by atoms with E-state index in [1.165, 1.54) is 13.3 Å². The molecule has 0 atom stereocenters. The van der Waals surface area contributed by atoms with Gasteiger partial charge in [-0.05, 0) is 30.3 Å². The summed E-state index contributed by atoms with van der Waals surface area (Å²) in [5.41, 5.74) is 1.58. The van der Waals surface area contributed by atoms with Crippen LogP contribution in [-0.2, 0) is 4.74 Å². The molecule has 3 aromatic rings. The number of halogens is 2. The van der Waals surface area contributed by atoms with E-state index in [1.54, 1.807) is 42.5 Å². The molecule has 0 fully saturated rings. The summed E-state index contributed by atoms with van der Waals surface area (Å²) in [7, 11) is 1.32. The average molecular weight is 390 g/mol. The summed E-state index contributed by atoms with van der Waals surface area (Å²) >= 11 is 11.9. The van der Waals surface area contributed by atoms with E-state index in [-0.39, 0.29) is 5.95 Å². The highest BCUT2D eigenvalue weighted by atomic mass is 35.5. The Balaban J connectivity index is 1.82. The second-order valence-electron chi connectivity index (χ2n) is 5.08. The summed E-state index contributed by atoms with van der Waals surface area (Å²) in [6, 6.07) is 12.0. The molecule has 132 valence electrons. The Morgan fingerprint density at radius 2 is 1.88 bits per heavy atom. The van der Waals surface area contributed by atoms with Crippen LogP contribution in [0.1, 0.15) is 10.4 Å². The summed E-state index contributed by atoms with van der Waals surface area (Å²) < 4.78 is 4.78. The Morgan fingerprint density at radius 3 is 2.65 bits per heavy atom. The van der Waals surface area contributed by atoms with Gasteiger partial charge < -0.3 is 15.4 Å². The van der Waals surface area contributed by atoms with E-state index >= 15 is 0 Å². The van der Waals surface area contributed by atoms with Crippen LogP contribution in [0.3, 0.4) is 0 Å². The molecule has 0 saturated heterocycles. The summed E-state index contributed by atoms with van der Waals surface area (Å²) in [6.45, 7) is 0. The van der Waals surface area contributed by atoms with Crippen LogP contribution in [0.5, 0.6) is 0 Å². The van der Waals surface area contributed by atoms with E-state index in [1.807, 2.05) is 0 Å². The molecule has 0 saturated carbocycles. The zero-order chi connectivity index (χ0) is 18.5. The van der Waals surface area contributed by atoms with Crippen LogP contribution in [-0.4, -0.2) is 28.3 Å². The minimum Gasteiger partial charge on any atom is -0.465 e. The molecule has 2 aromatic carbocycles. The first-order valence-corrected chi connectivity index (χ1v) is 8.18. The van der Waals surface area contributed by atoms with Crippen LogP contribution < -0.4 is 10.6 Å². The van der Waals surface area contributed by atoms with Crippen molar-refractivity contribution in [3.63, 3.8) is 0 Å². The fourth-order valence-electron chi connectivity index (χ4n) is 2.14. The van der Waals surface area contributed by atoms with Crippen LogP contribution in [0.25, 0.3) is 0 Å². The number of benzene rings is 2. The number of rotatable bonds is 5. The third kappa shape index (κ3) is 4.19. The highest BCUT2D eigenvalue weighted by molar-refractivity contribution is 6.42. The number of hydrogen-bond donors (Lipinski definition) is 2. The number of para-hydroxylation sites is 1. The maximum atomic E-state index is 11.8. The van der Waals surface area contributed by atoms with E-state index in [0.29, 0.717) is 32.8 Å². The highest BCUT2D eigenvalue weighted by Crippen LogP contribution is 2.26. The number of ether oxygens (including phenoxy) is 1. The average Bonchev–Trinajstić information content (AvgIpc) is 2.65. The Kier molecular flexibility index (Phi) is 5.50. The number of carbonyl (C=O) groups excluding carboxylic acids is 1. The predicted molar refractivity (Wildman–Crippen MR) is 101 cm³/mol. The normalized spacial score (nSPS) is 10.3. The maximum absolute atomic E-state index is 11.8. The monoisotopic (exact) mass is 389 g/mol. The van der Waals surface area contributed by atoms with E-state index in [2.05, 4.69) is 25.8 Å². The summed E-state index contributed by atoms with van der Waals surface area (Å²) in [5, 5.41) is 14.7. The van der Waals surface area contributed by atoms with E-state index in [0.717, 1.165) is 0 Å². The number of esters is 1. The van der Waals surface area contributed by atoms with Crippen molar-refractivity contribution in [1.29, 1.82) is 0 Å². The molecule has 0 radical (unpaired) electrons. The summed E-state index contributed by atoms with van der Waals surface area (Å²) in [5.74, 6) is 0.201. The molecule has 0 amide bonds. The van der Waals surface area contributed by atoms with Gasteiger partial charge in [-0.25, -0.2) is 4.79 Å². The number of aromatic nitrogens is 3. The Hall–Kier alpha value is -2.90. The van der Waals surface area contributed by atoms with Gasteiger partial charge in [0.1, 0.15) is 0 Å². The predicted octanol–water partition coefficient (Wildman–Crippen LogP) is 4.45. The number of hydrogen-bond acceptors (Lipinski definition) is 7. The number of methoxy groups -OCH3 is 1. The fraction of sp³-hybridized carbons (Fsp3) is 0.0588. The van der Waals surface area contributed by atoms with Gasteiger partial charge in [-0.3, -0.25) is 0 Å². The molecule has 3 rings (SSSR count). The molecular formula is C17H13Cl2N5O2. The van der Waals surface area contributed by atoms with Gasteiger partial charge in [-0.1, -0.05) is 35.3 Å². The molecular weight excluding hydrogens is 377 g/mol. The van der Waals surface area contributed by atoms with Crippen molar-refractivity contribution in [3.8, 4) is 0 Å². The first kappa shape index (κ1) is 17.9. The summed E-state index contributed by atoms with van der Waals surface area (Å²) in [6.07, 6.45) is 1.44. The molecule has 1 heterocycles. The standard InChI is InChI=1S/C17H13Cl2N5O2/c1-26-16(25)11-4-2-3-5-14(11)22-15-9-20-24-17(23-15)21-10-6-7-12(18)13(19)8-10/h2-9H,1H3,(H2,21,22,23,24). The lowest BCUT2D eigenvalue weighted by Crippen LogP contribution is -2.07. The van der Waals surface area contributed by atoms with Gasteiger partial charge in [-0.15, -0.1) is 5.10 Å². The highest BCUT2D eigenvalue weighted by Gasteiger charge is 2.12. The molecule has 0 aliphatic carbocycles. The molecule has 2 N–H and O–H groups in total. The van der Waals surface area contributed by atoms with Gasteiger partial charge in [0, 0.05) is 5.69 Å². The molecule has 0 spiro atoms. The molecule has 1 aromatic heterocycles. The van der Waals surface area contributed by atoms with Crippen molar-refractivity contribution in [2.75, 3.05) is 17.7 Å². The van der Waals surface area contributed by atoms with Crippen molar-refractivity contribution in [1.82, 2.24) is 15.2 Å². The maximum Gasteiger partial charge on any atom is 0.339 e. The van der Waals surface area contributed by atoms with Gasteiger partial charge in [0.15, 0.2) is 5.82 Å². The third-order valence-corrected chi connectivity index (χ3v) is 4.07. The Bertz CT molecular complexity index is 952. The molecule has 7 nitrogen and oxygen atoms in total. The van der Waals surface area contributed by atoms with Crippen LogP contribution in [0, 0.1) is 0 Å². The molecule has 0 unspecified atom stereocenters. The largest absolute Gasteiger partial charge is 0.465 e. The van der Waals surface area contributed by atoms with Crippen molar-refractivity contribution >= 4 is 52.3 Å². The van der Waals surface area contributed by atoms with Crippen LogP contribution in [0.15, 0.2) is 48.7 Å². The SMILES string of the molecule is COC(=O)c1ccccc1Nc1cnnc(Nc2ccc(Cl)c(Cl)c2)n1. The molecule has 26 heavy (non-hydrogen) atoms. The molecule has 0 aliphatic rings. The Labute approximate surface area is 159 Å². The van der Waals surface area contributed by atoms with Crippen LogP contribution >= 0.6 is 23.2 Å². The van der Waals surface area contributed by atoms with Crippen molar-refractivity contribution < 1.29 is 9.53 Å². The molecule has 0 bridgehead atoms. The van der Waals surface area contributed by atoms with Gasteiger partial charge in [0.2, 0.25) is 5.95 Å². The van der Waals surface area contributed by atoms with Crippen LogP contribution in [0.4, 0.5) is 23.1 Å². The van der Waals surface area contributed by atoms with Gasteiger partial charge in [0.05, 0.1) is 34.6 Å². The first-order valence-electron chi connectivity index (χ1n) is 7.43. The number of nitrogens with zero attached hydrogens (tertiary/aromatic N) is 3. The topological polar surface area (TPSA) is 89.0 Å². The van der Waals surface area contributed by atoms with Crippen molar-refractivity contribution in [2.45, 2.75) is 0 Å². The van der Waals surface area contributed by atoms with Gasteiger partial charge in [-0.2, -0.15) is 10.1 Å². The molecule has 9 heteroatoms. The zero-order valence-electron chi connectivity index (χ0n) is 13.5. The summed E-state index contributed by atoms with van der Waals surface area (Å²) in [4.78, 5) is 16.2. The fourth-order valence-corrected chi connectivity index (χ4v) is 2.44. The second kappa shape index (κ2) is 7.99. The molecule has 0 aliphatic heterocycles. The van der Waals surface area contributed by atoms with E-state index < -0.39 is 5.97 Å². The van der Waals surface area contributed by atoms with Crippen LogP contribution in [0.2, 0.25) is 10.0 Å². The lowest BCUT2D eigenvalue weighted by atomic mass is 10.2. The third-order valence-electron chi connectivity index (χ3n) is 3.33. The number of anilines is 4. The minimum atomic E-state index is -0.454.